The number of aryl methyl sites for hydroxylation is 1. The minimum absolute atomic E-state index is 0.0671. The van der Waals surface area contributed by atoms with Crippen molar-refractivity contribution in [3.63, 3.8) is 0 Å². The van der Waals surface area contributed by atoms with Gasteiger partial charge < -0.3 is 9.26 Å². The maximum Gasteiger partial charge on any atom is 0.265 e. The van der Waals surface area contributed by atoms with E-state index in [4.69, 9.17) is 9.26 Å². The maximum atomic E-state index is 12.8. The third kappa shape index (κ3) is 4.54. The molecule has 160 valence electrons. The van der Waals surface area contributed by atoms with Crippen molar-refractivity contribution in [3.05, 3.63) is 41.6 Å². The normalized spacial score (nSPS) is 16.8. The molecule has 0 spiro atoms. The average Bonchev–Trinajstić information content (AvgIpc) is 3.15. The van der Waals surface area contributed by atoms with Crippen molar-refractivity contribution >= 4 is 21.6 Å². The predicted octanol–water partition coefficient (Wildman–Crippen LogP) is 2.47. The largest absolute Gasteiger partial charge is 0.482 e. The number of benzene rings is 1. The second-order valence-corrected chi connectivity index (χ2v) is 9.15. The third-order valence-electron chi connectivity index (χ3n) is 5.18. The van der Waals surface area contributed by atoms with E-state index in [-0.39, 0.29) is 24.0 Å². The molecule has 10 heteroatoms. The maximum absolute atomic E-state index is 12.8. The number of allylic oxidation sites excluding steroid dienone is 1. The van der Waals surface area contributed by atoms with Crippen LogP contribution in [0.3, 0.4) is 0 Å². The van der Waals surface area contributed by atoms with Crippen molar-refractivity contribution < 1.29 is 22.5 Å². The summed E-state index contributed by atoms with van der Waals surface area (Å²) in [6.07, 6.45) is 7.37. The van der Waals surface area contributed by atoms with Gasteiger partial charge >= 0.3 is 0 Å². The first-order valence-corrected chi connectivity index (χ1v) is 11.4. The number of anilines is 1. The first kappa shape index (κ1) is 20.5. The molecule has 1 aromatic heterocycles. The monoisotopic (exact) mass is 432 g/mol. The van der Waals surface area contributed by atoms with Gasteiger partial charge in [-0.1, -0.05) is 16.8 Å². The van der Waals surface area contributed by atoms with Crippen LogP contribution < -0.4 is 14.4 Å². The molecule has 2 aliphatic rings. The minimum atomic E-state index is -3.72. The fourth-order valence-electron chi connectivity index (χ4n) is 3.63. The zero-order valence-electron chi connectivity index (χ0n) is 16.8. The van der Waals surface area contributed by atoms with Gasteiger partial charge in [0.1, 0.15) is 5.75 Å². The molecule has 9 nitrogen and oxygen atoms in total. The number of sulfonamides is 1. The lowest BCUT2D eigenvalue weighted by Gasteiger charge is -2.28. The van der Waals surface area contributed by atoms with E-state index in [0.29, 0.717) is 36.1 Å². The summed E-state index contributed by atoms with van der Waals surface area (Å²) >= 11 is 0. The van der Waals surface area contributed by atoms with Gasteiger partial charge in [0.05, 0.1) is 17.1 Å². The quantitative estimate of drug-likeness (QED) is 0.668. The fourth-order valence-corrected chi connectivity index (χ4v) is 4.68. The molecule has 1 N–H and O–H groups in total. The van der Waals surface area contributed by atoms with Crippen LogP contribution in [0.4, 0.5) is 5.69 Å². The summed E-state index contributed by atoms with van der Waals surface area (Å²) in [5.41, 5.74) is 1.67. The van der Waals surface area contributed by atoms with Crippen LogP contribution in [-0.4, -0.2) is 37.6 Å². The highest BCUT2D eigenvalue weighted by atomic mass is 32.2. The third-order valence-corrected chi connectivity index (χ3v) is 6.63. The lowest BCUT2D eigenvalue weighted by Crippen LogP contribution is -2.38. The van der Waals surface area contributed by atoms with Crippen molar-refractivity contribution in [2.45, 2.75) is 50.5 Å². The number of hydrogen-bond acceptors (Lipinski definition) is 7. The van der Waals surface area contributed by atoms with Gasteiger partial charge in [-0.25, -0.2) is 13.1 Å². The van der Waals surface area contributed by atoms with Crippen molar-refractivity contribution in [2.75, 3.05) is 18.1 Å². The molecule has 2 heterocycles. The van der Waals surface area contributed by atoms with E-state index < -0.39 is 10.0 Å². The Hall–Kier alpha value is -2.72. The lowest BCUT2D eigenvalue weighted by atomic mass is 9.97. The molecular weight excluding hydrogens is 408 g/mol. The van der Waals surface area contributed by atoms with Crippen LogP contribution in [0.2, 0.25) is 0 Å². The molecule has 2 aromatic rings. The first-order valence-electron chi connectivity index (χ1n) is 9.96. The van der Waals surface area contributed by atoms with E-state index >= 15 is 0 Å². The van der Waals surface area contributed by atoms with Gasteiger partial charge in [-0.05, 0) is 50.3 Å². The van der Waals surface area contributed by atoms with Crippen LogP contribution in [-0.2, 0) is 21.4 Å². The van der Waals surface area contributed by atoms with Gasteiger partial charge in [0, 0.05) is 13.5 Å². The number of nitrogens with one attached hydrogen (secondary N) is 1. The number of rotatable bonds is 7. The minimum Gasteiger partial charge on any atom is -0.482 e. The Balaban J connectivity index is 1.52. The molecule has 1 aromatic carbocycles. The van der Waals surface area contributed by atoms with Gasteiger partial charge in [0.2, 0.25) is 15.9 Å². The number of aromatic nitrogens is 2. The zero-order chi connectivity index (χ0) is 21.1. The zero-order valence-corrected chi connectivity index (χ0v) is 17.6. The molecule has 1 amide bonds. The van der Waals surface area contributed by atoms with E-state index in [2.05, 4.69) is 20.9 Å². The Morgan fingerprint density at radius 2 is 2.13 bits per heavy atom. The number of nitrogens with zero attached hydrogens (tertiary/aromatic N) is 3. The van der Waals surface area contributed by atoms with E-state index in [9.17, 15) is 13.2 Å². The summed E-state index contributed by atoms with van der Waals surface area (Å²) in [6.45, 7) is 1.93. The standard InChI is InChI=1S/C20H24N4O5S/c1-14-22-19(23-29-14)12-24-17-11-16(7-8-18(17)28-13-20(24)25)30(26,27)21-10-9-15-5-3-2-4-6-15/h5,7-8,11,21H,2-4,6,9-10,12-13H2,1H3. The average molecular weight is 433 g/mol. The van der Waals surface area contributed by atoms with Gasteiger partial charge in [-0.3, -0.25) is 9.69 Å². The van der Waals surface area contributed by atoms with E-state index in [0.717, 1.165) is 19.3 Å². The van der Waals surface area contributed by atoms with Crippen molar-refractivity contribution in [2.24, 2.45) is 0 Å². The summed E-state index contributed by atoms with van der Waals surface area (Å²) in [4.78, 5) is 18.0. The Morgan fingerprint density at radius 3 is 2.87 bits per heavy atom. The molecule has 0 fully saturated rings. The number of carbonyl (C=O) groups excluding carboxylic acids is 1. The Morgan fingerprint density at radius 1 is 1.27 bits per heavy atom. The number of carbonyl (C=O) groups is 1. The van der Waals surface area contributed by atoms with Crippen molar-refractivity contribution in [1.82, 2.24) is 14.9 Å². The van der Waals surface area contributed by atoms with Crippen molar-refractivity contribution in [1.29, 1.82) is 0 Å². The molecule has 1 aliphatic heterocycles. The number of amides is 1. The summed E-state index contributed by atoms with van der Waals surface area (Å²) < 4.78 is 38.7. The van der Waals surface area contributed by atoms with E-state index in [1.807, 2.05) is 0 Å². The molecule has 0 saturated heterocycles. The predicted molar refractivity (Wildman–Crippen MR) is 109 cm³/mol. The van der Waals surface area contributed by atoms with Gasteiger partial charge in [-0.2, -0.15) is 4.98 Å². The fraction of sp³-hybridized carbons (Fsp3) is 0.450. The summed E-state index contributed by atoms with van der Waals surface area (Å²) in [7, 11) is -3.72. The Bertz CT molecular complexity index is 1080. The summed E-state index contributed by atoms with van der Waals surface area (Å²) in [6, 6.07) is 4.49. The van der Waals surface area contributed by atoms with Crippen LogP contribution >= 0.6 is 0 Å². The topological polar surface area (TPSA) is 115 Å². The smallest absolute Gasteiger partial charge is 0.265 e. The molecular formula is C20H24N4O5S. The van der Waals surface area contributed by atoms with Crippen LogP contribution in [0.5, 0.6) is 5.75 Å². The highest BCUT2D eigenvalue weighted by Crippen LogP contribution is 2.35. The number of hydrogen-bond donors (Lipinski definition) is 1. The van der Waals surface area contributed by atoms with Crippen molar-refractivity contribution in [3.8, 4) is 5.75 Å². The Labute approximate surface area is 175 Å². The highest BCUT2D eigenvalue weighted by Gasteiger charge is 2.29. The molecule has 0 radical (unpaired) electrons. The van der Waals surface area contributed by atoms with E-state index in [1.165, 1.54) is 29.0 Å². The van der Waals surface area contributed by atoms with Gasteiger partial charge in [-0.15, -0.1) is 0 Å². The van der Waals surface area contributed by atoms with Crippen LogP contribution in [0.1, 0.15) is 43.8 Å². The lowest BCUT2D eigenvalue weighted by molar-refractivity contribution is -0.121. The second-order valence-electron chi connectivity index (χ2n) is 7.38. The molecule has 1 aliphatic carbocycles. The van der Waals surface area contributed by atoms with E-state index in [1.54, 1.807) is 13.0 Å². The van der Waals surface area contributed by atoms with Crippen LogP contribution in [0.15, 0.2) is 39.3 Å². The summed E-state index contributed by atoms with van der Waals surface area (Å²) in [5, 5.41) is 3.82. The first-order chi connectivity index (χ1) is 14.4. The molecule has 0 bridgehead atoms. The highest BCUT2D eigenvalue weighted by molar-refractivity contribution is 7.89. The molecule has 0 unspecified atom stereocenters. The SMILES string of the molecule is Cc1nc(CN2C(=O)COc3ccc(S(=O)(=O)NCCC4=CCCCC4)cc32)no1. The number of ether oxygens (including phenoxy) is 1. The van der Waals surface area contributed by atoms with Gasteiger partial charge in [0.15, 0.2) is 12.4 Å². The molecule has 0 atom stereocenters. The van der Waals surface area contributed by atoms with Crippen LogP contribution in [0, 0.1) is 6.92 Å². The summed E-state index contributed by atoms with van der Waals surface area (Å²) in [5.74, 6) is 0.846. The Kier molecular flexibility index (Phi) is 5.87. The molecule has 0 saturated carbocycles. The van der Waals surface area contributed by atoms with Gasteiger partial charge in [0.25, 0.3) is 5.91 Å². The van der Waals surface area contributed by atoms with Crippen LogP contribution in [0.25, 0.3) is 0 Å². The molecule has 4 rings (SSSR count). The molecule has 30 heavy (non-hydrogen) atoms. The number of fused-ring (bicyclic) bond motifs is 1. The second kappa shape index (κ2) is 8.57.